The first kappa shape index (κ1) is 15.9. The van der Waals surface area contributed by atoms with Crippen molar-refractivity contribution >= 4 is 16.9 Å². The summed E-state index contributed by atoms with van der Waals surface area (Å²) < 4.78 is 6.00. The number of aromatic amines is 1. The molecule has 0 amide bonds. The molecule has 2 aromatic heterocycles. The van der Waals surface area contributed by atoms with E-state index in [0.29, 0.717) is 6.61 Å². The van der Waals surface area contributed by atoms with Crippen molar-refractivity contribution in [3.63, 3.8) is 0 Å². The molecule has 1 aliphatic rings. The van der Waals surface area contributed by atoms with Crippen LogP contribution in [0.1, 0.15) is 11.1 Å². The van der Waals surface area contributed by atoms with Crippen molar-refractivity contribution in [1.29, 1.82) is 0 Å². The van der Waals surface area contributed by atoms with Gasteiger partial charge in [0.05, 0.1) is 23.9 Å². The molecule has 3 heterocycles. The van der Waals surface area contributed by atoms with Gasteiger partial charge in [-0.25, -0.2) is 9.97 Å². The van der Waals surface area contributed by atoms with Crippen LogP contribution in [0.3, 0.4) is 0 Å². The molecule has 0 saturated heterocycles. The largest absolute Gasteiger partial charge is 0.491 e. The Bertz CT molecular complexity index is 1120. The van der Waals surface area contributed by atoms with Gasteiger partial charge in [0, 0.05) is 18.3 Å². The Kier molecular flexibility index (Phi) is 3.78. The lowest BCUT2D eigenvalue weighted by atomic mass is 10.0. The third-order valence-corrected chi connectivity index (χ3v) is 5.08. The van der Waals surface area contributed by atoms with Crippen LogP contribution in [0.5, 0.6) is 5.75 Å². The topological polar surface area (TPSA) is 54.0 Å². The molecule has 5 nitrogen and oxygen atoms in total. The number of fused-ring (bicyclic) bond motifs is 2. The lowest BCUT2D eigenvalue weighted by Crippen LogP contribution is -2.26. The molecule has 0 atom stereocenters. The molecule has 0 saturated carbocycles. The molecular weight excluding hydrogens is 336 g/mol. The number of ether oxygens (including phenoxy) is 1. The highest BCUT2D eigenvalue weighted by Crippen LogP contribution is 2.32. The molecule has 0 radical (unpaired) electrons. The van der Waals surface area contributed by atoms with Crippen molar-refractivity contribution in [2.75, 3.05) is 18.1 Å². The number of benzene rings is 2. The summed E-state index contributed by atoms with van der Waals surface area (Å²) in [5.74, 6) is 1.98. The lowest BCUT2D eigenvalue weighted by molar-refractivity contribution is 0.331. The van der Waals surface area contributed by atoms with Crippen LogP contribution in [0, 0.1) is 6.92 Å². The van der Waals surface area contributed by atoms with Gasteiger partial charge in [0.25, 0.3) is 0 Å². The Hall–Kier alpha value is -3.34. The van der Waals surface area contributed by atoms with Gasteiger partial charge < -0.3 is 14.6 Å². The van der Waals surface area contributed by atoms with Crippen molar-refractivity contribution in [2.45, 2.75) is 13.5 Å². The SMILES string of the molecule is Cc1cccnc1N1CCOc2ccc(-c3ccc4nc[nH]c4c3)cc2C1. The minimum Gasteiger partial charge on any atom is -0.491 e. The molecule has 1 aliphatic heterocycles. The summed E-state index contributed by atoms with van der Waals surface area (Å²) in [6.07, 6.45) is 3.58. The number of H-pyrrole nitrogens is 1. The van der Waals surface area contributed by atoms with Crippen molar-refractivity contribution in [1.82, 2.24) is 15.0 Å². The number of pyridine rings is 1. The first-order valence-corrected chi connectivity index (χ1v) is 9.14. The van der Waals surface area contributed by atoms with E-state index in [4.69, 9.17) is 4.74 Å². The fourth-order valence-electron chi connectivity index (χ4n) is 3.68. The predicted octanol–water partition coefficient (Wildman–Crippen LogP) is 4.33. The Morgan fingerprint density at radius 3 is 2.85 bits per heavy atom. The normalized spacial score (nSPS) is 13.9. The number of hydrogen-bond acceptors (Lipinski definition) is 4. The van der Waals surface area contributed by atoms with E-state index in [0.717, 1.165) is 35.7 Å². The Labute approximate surface area is 157 Å². The predicted molar refractivity (Wildman–Crippen MR) is 107 cm³/mol. The zero-order valence-corrected chi connectivity index (χ0v) is 15.1. The van der Waals surface area contributed by atoms with Crippen LogP contribution in [0.25, 0.3) is 22.2 Å². The molecule has 5 heteroatoms. The summed E-state index contributed by atoms with van der Waals surface area (Å²) in [6, 6.07) is 16.8. The van der Waals surface area contributed by atoms with Crippen molar-refractivity contribution < 1.29 is 4.74 Å². The van der Waals surface area contributed by atoms with Gasteiger partial charge in [-0.15, -0.1) is 0 Å². The third kappa shape index (κ3) is 2.91. The van der Waals surface area contributed by atoms with Crippen molar-refractivity contribution in [3.05, 3.63) is 72.2 Å². The van der Waals surface area contributed by atoms with Gasteiger partial charge in [-0.2, -0.15) is 0 Å². The quantitative estimate of drug-likeness (QED) is 0.581. The molecule has 0 fully saturated rings. The first-order chi connectivity index (χ1) is 13.3. The van der Waals surface area contributed by atoms with Crippen LogP contribution in [0.15, 0.2) is 61.1 Å². The van der Waals surface area contributed by atoms with Gasteiger partial charge in [0.1, 0.15) is 18.2 Å². The van der Waals surface area contributed by atoms with Crippen LogP contribution in [0.4, 0.5) is 5.82 Å². The highest BCUT2D eigenvalue weighted by molar-refractivity contribution is 5.81. The zero-order valence-electron chi connectivity index (χ0n) is 15.1. The number of aryl methyl sites for hydroxylation is 1. The van der Waals surface area contributed by atoms with Gasteiger partial charge in [-0.05, 0) is 53.9 Å². The van der Waals surface area contributed by atoms with Crippen LogP contribution in [-0.4, -0.2) is 28.1 Å². The van der Waals surface area contributed by atoms with Gasteiger partial charge in [0.2, 0.25) is 0 Å². The van der Waals surface area contributed by atoms with E-state index in [9.17, 15) is 0 Å². The second-order valence-electron chi connectivity index (χ2n) is 6.87. The second kappa shape index (κ2) is 6.43. The minimum atomic E-state index is 0.655. The maximum absolute atomic E-state index is 6.00. The number of aromatic nitrogens is 3. The number of hydrogen-bond donors (Lipinski definition) is 1. The smallest absolute Gasteiger partial charge is 0.131 e. The van der Waals surface area contributed by atoms with Crippen LogP contribution < -0.4 is 9.64 Å². The molecular formula is C22H20N4O. The maximum Gasteiger partial charge on any atom is 0.131 e. The molecule has 0 spiro atoms. The van der Waals surface area contributed by atoms with E-state index < -0.39 is 0 Å². The number of imidazole rings is 1. The molecule has 134 valence electrons. The van der Waals surface area contributed by atoms with E-state index in [1.54, 1.807) is 6.33 Å². The summed E-state index contributed by atoms with van der Waals surface area (Å²) in [5, 5.41) is 0. The summed E-state index contributed by atoms with van der Waals surface area (Å²) >= 11 is 0. The van der Waals surface area contributed by atoms with Crippen molar-refractivity contribution in [2.24, 2.45) is 0 Å². The number of nitrogens with one attached hydrogen (secondary N) is 1. The highest BCUT2D eigenvalue weighted by Gasteiger charge is 2.18. The molecule has 0 unspecified atom stereocenters. The molecule has 5 rings (SSSR count). The molecule has 1 N–H and O–H groups in total. The number of nitrogens with zero attached hydrogens (tertiary/aromatic N) is 3. The van der Waals surface area contributed by atoms with E-state index in [1.807, 2.05) is 18.3 Å². The highest BCUT2D eigenvalue weighted by atomic mass is 16.5. The van der Waals surface area contributed by atoms with E-state index in [-0.39, 0.29) is 0 Å². The fraction of sp³-hybridized carbons (Fsp3) is 0.182. The Morgan fingerprint density at radius 2 is 1.93 bits per heavy atom. The average Bonchev–Trinajstić information content (AvgIpc) is 3.06. The Morgan fingerprint density at radius 1 is 1.04 bits per heavy atom. The summed E-state index contributed by atoms with van der Waals surface area (Å²) in [7, 11) is 0. The Balaban J connectivity index is 1.53. The van der Waals surface area contributed by atoms with E-state index in [1.165, 1.54) is 22.3 Å². The summed E-state index contributed by atoms with van der Waals surface area (Å²) in [4.78, 5) is 14.4. The number of rotatable bonds is 2. The third-order valence-electron chi connectivity index (χ3n) is 5.08. The summed E-state index contributed by atoms with van der Waals surface area (Å²) in [5.41, 5.74) is 6.73. The zero-order chi connectivity index (χ0) is 18.2. The monoisotopic (exact) mass is 356 g/mol. The average molecular weight is 356 g/mol. The molecule has 0 bridgehead atoms. The molecule has 27 heavy (non-hydrogen) atoms. The van der Waals surface area contributed by atoms with Gasteiger partial charge in [-0.3, -0.25) is 0 Å². The fourth-order valence-corrected chi connectivity index (χ4v) is 3.68. The summed E-state index contributed by atoms with van der Waals surface area (Å²) in [6.45, 7) is 4.36. The van der Waals surface area contributed by atoms with Gasteiger partial charge in [-0.1, -0.05) is 18.2 Å². The van der Waals surface area contributed by atoms with E-state index >= 15 is 0 Å². The minimum absolute atomic E-state index is 0.655. The standard InChI is InChI=1S/C22H20N4O/c1-15-3-2-8-23-22(15)26-9-10-27-21-7-5-16(11-18(21)13-26)17-4-6-19-20(12-17)25-14-24-19/h2-8,11-12,14H,9-10,13H2,1H3,(H,24,25). The van der Waals surface area contributed by atoms with Crippen LogP contribution in [-0.2, 0) is 6.54 Å². The molecule has 0 aliphatic carbocycles. The maximum atomic E-state index is 6.00. The number of anilines is 1. The van der Waals surface area contributed by atoms with Crippen LogP contribution >= 0.6 is 0 Å². The molecule has 2 aromatic carbocycles. The van der Waals surface area contributed by atoms with E-state index in [2.05, 4.69) is 63.2 Å². The first-order valence-electron chi connectivity index (χ1n) is 9.14. The van der Waals surface area contributed by atoms with Crippen molar-refractivity contribution in [3.8, 4) is 16.9 Å². The molecule has 4 aromatic rings. The van der Waals surface area contributed by atoms with Crippen LogP contribution in [0.2, 0.25) is 0 Å². The van der Waals surface area contributed by atoms with Gasteiger partial charge in [0.15, 0.2) is 0 Å². The lowest BCUT2D eigenvalue weighted by Gasteiger charge is -2.22. The second-order valence-corrected chi connectivity index (χ2v) is 6.87. The van der Waals surface area contributed by atoms with Gasteiger partial charge >= 0.3 is 0 Å².